The van der Waals surface area contributed by atoms with Crippen molar-refractivity contribution < 1.29 is 24.2 Å². The van der Waals surface area contributed by atoms with E-state index in [-0.39, 0.29) is 0 Å². The fourth-order valence-electron chi connectivity index (χ4n) is 3.10. The van der Waals surface area contributed by atoms with Gasteiger partial charge in [0.1, 0.15) is 16.8 Å². The van der Waals surface area contributed by atoms with Crippen LogP contribution in [0.4, 0.5) is 10.5 Å². The van der Waals surface area contributed by atoms with Crippen LogP contribution in [0.5, 0.6) is 5.75 Å². The number of hydrogen-bond acceptors (Lipinski definition) is 4. The smallest absolute Gasteiger partial charge is 0.412 e. The van der Waals surface area contributed by atoms with Crippen molar-refractivity contribution in [1.29, 1.82) is 0 Å². The summed E-state index contributed by atoms with van der Waals surface area (Å²) in [6.07, 6.45) is -0.124. The van der Waals surface area contributed by atoms with E-state index in [1.807, 2.05) is 13.8 Å². The third-order valence-corrected chi connectivity index (χ3v) is 4.42. The molecule has 1 saturated carbocycles. The van der Waals surface area contributed by atoms with Crippen molar-refractivity contribution in [3.63, 3.8) is 0 Å². The van der Waals surface area contributed by atoms with Crippen molar-refractivity contribution in [2.24, 2.45) is 5.41 Å². The molecule has 0 aliphatic heterocycles. The van der Waals surface area contributed by atoms with Gasteiger partial charge in [-0.3, -0.25) is 10.1 Å². The third kappa shape index (κ3) is 3.18. The fraction of sp³-hybridized carbons (Fsp3) is 0.556. The molecule has 0 radical (unpaired) electrons. The van der Waals surface area contributed by atoms with Crippen LogP contribution in [0.15, 0.2) is 18.2 Å². The maximum absolute atomic E-state index is 12.1. The highest BCUT2D eigenvalue weighted by molar-refractivity contribution is 5.93. The summed E-state index contributed by atoms with van der Waals surface area (Å²) in [7, 11) is 1.51. The average molecular weight is 335 g/mol. The number of carboxylic acid groups (broad SMARTS) is 1. The van der Waals surface area contributed by atoms with Crippen LogP contribution in [-0.2, 0) is 14.9 Å². The Hall–Kier alpha value is -2.24. The van der Waals surface area contributed by atoms with Crippen LogP contribution in [0.25, 0.3) is 0 Å². The van der Waals surface area contributed by atoms with Gasteiger partial charge in [0, 0.05) is 6.07 Å². The number of carbonyl (C=O) groups excluding carboxylic acids is 1. The number of nitrogens with one attached hydrogen (secondary N) is 1. The van der Waals surface area contributed by atoms with Crippen molar-refractivity contribution in [3.05, 3.63) is 23.8 Å². The zero-order valence-electron chi connectivity index (χ0n) is 15.0. The number of ether oxygens (including phenoxy) is 2. The van der Waals surface area contributed by atoms with Crippen LogP contribution < -0.4 is 10.1 Å². The minimum absolute atomic E-state index is 0.391. The molecule has 0 saturated heterocycles. The number of benzene rings is 1. The van der Waals surface area contributed by atoms with Gasteiger partial charge < -0.3 is 14.6 Å². The summed E-state index contributed by atoms with van der Waals surface area (Å²) in [6, 6.07) is 5.03. The lowest BCUT2D eigenvalue weighted by atomic mass is 9.86. The molecule has 1 aliphatic carbocycles. The van der Waals surface area contributed by atoms with Gasteiger partial charge in [0.25, 0.3) is 0 Å². The Balaban J connectivity index is 2.43. The first-order valence-electron chi connectivity index (χ1n) is 7.85. The van der Waals surface area contributed by atoms with E-state index in [9.17, 15) is 14.7 Å². The van der Waals surface area contributed by atoms with Gasteiger partial charge in [-0.05, 0) is 44.2 Å². The van der Waals surface area contributed by atoms with Crippen molar-refractivity contribution in [3.8, 4) is 5.75 Å². The van der Waals surface area contributed by atoms with E-state index in [1.54, 1.807) is 39.0 Å². The highest BCUT2D eigenvalue weighted by Gasteiger charge is 2.68. The Morgan fingerprint density at radius 2 is 1.83 bits per heavy atom. The van der Waals surface area contributed by atoms with Crippen LogP contribution in [0.3, 0.4) is 0 Å². The minimum atomic E-state index is -1.02. The first kappa shape index (κ1) is 18.1. The number of rotatable bonds is 4. The number of amides is 1. The molecule has 1 unspecified atom stereocenters. The predicted octanol–water partition coefficient (Wildman–Crippen LogP) is 3.79. The summed E-state index contributed by atoms with van der Waals surface area (Å²) in [5.41, 5.74) is -1.10. The number of carbonyl (C=O) groups is 2. The first-order chi connectivity index (χ1) is 10.9. The van der Waals surface area contributed by atoms with Crippen LogP contribution in [0.2, 0.25) is 0 Å². The normalized spacial score (nSPS) is 21.8. The van der Waals surface area contributed by atoms with Gasteiger partial charge in [-0.2, -0.15) is 0 Å². The lowest BCUT2D eigenvalue weighted by Crippen LogP contribution is -2.30. The van der Waals surface area contributed by atoms with Crippen molar-refractivity contribution in [2.75, 3.05) is 12.4 Å². The van der Waals surface area contributed by atoms with Gasteiger partial charge in [-0.25, -0.2) is 4.79 Å². The number of aliphatic carboxylic acids is 1. The maximum atomic E-state index is 12.1. The van der Waals surface area contributed by atoms with Gasteiger partial charge in [-0.1, -0.05) is 19.9 Å². The van der Waals surface area contributed by atoms with Crippen LogP contribution >= 0.6 is 0 Å². The molecule has 132 valence electrons. The molecule has 1 amide bonds. The molecule has 1 aliphatic rings. The van der Waals surface area contributed by atoms with Gasteiger partial charge >= 0.3 is 12.1 Å². The molecule has 0 bridgehead atoms. The molecule has 1 fully saturated rings. The number of anilines is 1. The van der Waals surface area contributed by atoms with Crippen molar-refractivity contribution >= 4 is 17.7 Å². The molecule has 24 heavy (non-hydrogen) atoms. The van der Waals surface area contributed by atoms with Gasteiger partial charge in [0.15, 0.2) is 0 Å². The fourth-order valence-corrected chi connectivity index (χ4v) is 3.10. The monoisotopic (exact) mass is 335 g/mol. The topological polar surface area (TPSA) is 84.9 Å². The summed E-state index contributed by atoms with van der Waals surface area (Å²) >= 11 is 0. The Kier molecular flexibility index (Phi) is 4.29. The van der Waals surface area contributed by atoms with E-state index in [2.05, 4.69) is 5.32 Å². The molecule has 1 atom stereocenters. The van der Waals surface area contributed by atoms with Crippen molar-refractivity contribution in [2.45, 2.75) is 52.1 Å². The highest BCUT2D eigenvalue weighted by atomic mass is 16.6. The summed E-state index contributed by atoms with van der Waals surface area (Å²) in [6.45, 7) is 9.11. The lowest BCUT2D eigenvalue weighted by molar-refractivity contribution is -0.141. The third-order valence-electron chi connectivity index (χ3n) is 4.42. The number of hydrogen-bond donors (Lipinski definition) is 2. The summed E-state index contributed by atoms with van der Waals surface area (Å²) in [5.74, 6) is -0.367. The summed E-state index contributed by atoms with van der Waals surface area (Å²) in [5, 5.41) is 12.5. The molecule has 1 aromatic rings. The van der Waals surface area contributed by atoms with E-state index in [1.165, 1.54) is 7.11 Å². The zero-order chi connectivity index (χ0) is 18.3. The first-order valence-corrected chi connectivity index (χ1v) is 7.85. The summed E-state index contributed by atoms with van der Waals surface area (Å²) in [4.78, 5) is 24.1. The second-order valence-electron chi connectivity index (χ2n) is 7.81. The molecule has 0 heterocycles. The van der Waals surface area contributed by atoms with Gasteiger partial charge in [0.05, 0.1) is 12.8 Å². The van der Waals surface area contributed by atoms with Crippen LogP contribution in [0.1, 0.15) is 46.6 Å². The number of carboxylic acids is 1. The molecule has 2 N–H and O–H groups in total. The zero-order valence-corrected chi connectivity index (χ0v) is 15.0. The van der Waals surface area contributed by atoms with E-state index in [0.29, 0.717) is 23.4 Å². The highest BCUT2D eigenvalue weighted by Crippen LogP contribution is 2.65. The Morgan fingerprint density at radius 1 is 1.25 bits per heavy atom. The molecule has 0 aromatic heterocycles. The SMILES string of the molecule is COc1ccc(C2(C(=O)O)CC2(C)C)c(NC(=O)OC(C)(C)C)c1. The molecule has 0 spiro atoms. The Bertz CT molecular complexity index is 674. The minimum Gasteiger partial charge on any atom is -0.497 e. The second-order valence-corrected chi connectivity index (χ2v) is 7.81. The largest absolute Gasteiger partial charge is 0.497 e. The molecule has 6 nitrogen and oxygen atoms in total. The van der Waals surface area contributed by atoms with E-state index in [4.69, 9.17) is 9.47 Å². The number of methoxy groups -OCH3 is 1. The Morgan fingerprint density at radius 3 is 2.25 bits per heavy atom. The maximum Gasteiger partial charge on any atom is 0.412 e. The molecular formula is C18H25NO5. The average Bonchev–Trinajstić information content (AvgIpc) is 3.00. The predicted molar refractivity (Wildman–Crippen MR) is 90.6 cm³/mol. The van der Waals surface area contributed by atoms with Gasteiger partial charge in [-0.15, -0.1) is 0 Å². The van der Waals surface area contributed by atoms with Crippen LogP contribution in [-0.4, -0.2) is 29.9 Å². The molecule has 1 aromatic carbocycles. The quantitative estimate of drug-likeness (QED) is 0.874. The molecule has 2 rings (SSSR count). The van der Waals surface area contributed by atoms with Crippen molar-refractivity contribution in [1.82, 2.24) is 0 Å². The van der Waals surface area contributed by atoms with E-state index in [0.717, 1.165) is 0 Å². The van der Waals surface area contributed by atoms with Gasteiger partial charge in [0.2, 0.25) is 0 Å². The standard InChI is InChI=1S/C18H25NO5/c1-16(2,3)24-15(22)19-13-9-11(23-6)7-8-12(13)18(14(20)21)10-17(18,4)5/h7-9H,10H2,1-6H3,(H,19,22)(H,20,21). The van der Waals surface area contributed by atoms with E-state index < -0.39 is 28.5 Å². The molecule has 6 heteroatoms. The van der Waals surface area contributed by atoms with E-state index >= 15 is 0 Å². The summed E-state index contributed by atoms with van der Waals surface area (Å²) < 4.78 is 10.5. The van der Waals surface area contributed by atoms with Crippen LogP contribution in [0, 0.1) is 5.41 Å². The second kappa shape index (κ2) is 5.69. The molecular weight excluding hydrogens is 310 g/mol. The Labute approximate surface area is 142 Å². The lowest BCUT2D eigenvalue weighted by Gasteiger charge is -2.23.